The third kappa shape index (κ3) is 4.55. The highest BCUT2D eigenvalue weighted by molar-refractivity contribution is 5.80. The van der Waals surface area contributed by atoms with Gasteiger partial charge in [0.25, 0.3) is 0 Å². The second-order valence-electron chi connectivity index (χ2n) is 6.13. The second kappa shape index (κ2) is 8.60. The number of carbonyl (C=O) groups excluding carboxylic acids is 1. The number of ether oxygens (including phenoxy) is 3. The summed E-state index contributed by atoms with van der Waals surface area (Å²) >= 11 is 0. The summed E-state index contributed by atoms with van der Waals surface area (Å²) in [5.74, 6) is 0.0500. The first-order valence-corrected chi connectivity index (χ1v) is 8.29. The van der Waals surface area contributed by atoms with Gasteiger partial charge in [0, 0.05) is 18.1 Å². The largest absolute Gasteiger partial charge is 0.496 e. The average Bonchev–Trinajstić information content (AvgIpc) is 2.65. The number of hydrogen-bond acceptors (Lipinski definition) is 5. The molecule has 1 saturated carbocycles. The molecule has 25 heavy (non-hydrogen) atoms. The van der Waals surface area contributed by atoms with Crippen molar-refractivity contribution in [1.82, 2.24) is 5.32 Å². The van der Waals surface area contributed by atoms with E-state index in [-0.39, 0.29) is 18.4 Å². The summed E-state index contributed by atoms with van der Waals surface area (Å²) in [6.07, 6.45) is 2.49. The summed E-state index contributed by atoms with van der Waals surface area (Å²) in [5, 5.41) is 12.0. The summed E-state index contributed by atoms with van der Waals surface area (Å²) in [7, 11) is 4.63. The van der Waals surface area contributed by atoms with E-state index in [1.54, 1.807) is 19.2 Å². The molecule has 0 bridgehead atoms. The number of rotatable bonds is 7. The van der Waals surface area contributed by atoms with E-state index in [1.165, 1.54) is 14.2 Å². The Kier molecular flexibility index (Phi) is 6.50. The Bertz CT molecular complexity index is 605. The van der Waals surface area contributed by atoms with Gasteiger partial charge in [-0.3, -0.25) is 9.59 Å². The average molecular weight is 351 g/mol. The minimum absolute atomic E-state index is 0.133. The summed E-state index contributed by atoms with van der Waals surface area (Å²) in [6.45, 7) is 0.239. The minimum Gasteiger partial charge on any atom is -0.496 e. The van der Waals surface area contributed by atoms with Crippen LogP contribution >= 0.6 is 0 Å². The monoisotopic (exact) mass is 351 g/mol. The fourth-order valence-corrected chi connectivity index (χ4v) is 3.22. The molecule has 0 heterocycles. The molecule has 7 heteroatoms. The molecule has 0 saturated heterocycles. The Labute approximate surface area is 147 Å². The minimum atomic E-state index is -0.823. The number of benzene rings is 1. The van der Waals surface area contributed by atoms with Crippen molar-refractivity contribution in [2.24, 2.45) is 11.8 Å². The molecule has 2 unspecified atom stereocenters. The SMILES string of the molecule is COc1cc(OC)c(CNC(=O)C2CCCC(C(=O)O)C2)c(OC)c1. The van der Waals surface area contributed by atoms with Crippen LogP contribution in [0.5, 0.6) is 17.2 Å². The van der Waals surface area contributed by atoms with Gasteiger partial charge in [-0.05, 0) is 19.3 Å². The lowest BCUT2D eigenvalue weighted by atomic mass is 9.81. The van der Waals surface area contributed by atoms with Gasteiger partial charge in [0.15, 0.2) is 0 Å². The first kappa shape index (κ1) is 18.9. The highest BCUT2D eigenvalue weighted by Crippen LogP contribution is 2.34. The maximum absolute atomic E-state index is 12.5. The van der Waals surface area contributed by atoms with Gasteiger partial charge in [-0.25, -0.2) is 0 Å². The molecule has 1 aliphatic rings. The Morgan fingerprint density at radius 1 is 1.08 bits per heavy atom. The van der Waals surface area contributed by atoms with E-state index in [0.717, 1.165) is 6.42 Å². The summed E-state index contributed by atoms with van der Waals surface area (Å²) in [5.41, 5.74) is 0.713. The van der Waals surface area contributed by atoms with Crippen molar-refractivity contribution in [3.63, 3.8) is 0 Å². The van der Waals surface area contributed by atoms with Crippen LogP contribution in [0.4, 0.5) is 0 Å². The molecule has 2 rings (SSSR count). The summed E-state index contributed by atoms with van der Waals surface area (Å²) in [6, 6.07) is 3.45. The fourth-order valence-electron chi connectivity index (χ4n) is 3.22. The highest BCUT2D eigenvalue weighted by atomic mass is 16.5. The van der Waals surface area contributed by atoms with Crippen LogP contribution in [-0.4, -0.2) is 38.3 Å². The standard InChI is InChI=1S/C18H25NO6/c1-23-13-8-15(24-2)14(16(9-13)25-3)10-19-17(20)11-5-4-6-12(7-11)18(21)22/h8-9,11-12H,4-7,10H2,1-3H3,(H,19,20)(H,21,22). The molecule has 1 aromatic rings. The van der Waals surface area contributed by atoms with Crippen molar-refractivity contribution < 1.29 is 28.9 Å². The number of aliphatic carboxylic acids is 1. The van der Waals surface area contributed by atoms with Crippen LogP contribution in [0.1, 0.15) is 31.2 Å². The van der Waals surface area contributed by atoms with Gasteiger partial charge in [-0.15, -0.1) is 0 Å². The van der Waals surface area contributed by atoms with Gasteiger partial charge in [-0.2, -0.15) is 0 Å². The Morgan fingerprint density at radius 2 is 1.68 bits per heavy atom. The molecule has 0 aliphatic heterocycles. The lowest BCUT2D eigenvalue weighted by Crippen LogP contribution is -2.35. The van der Waals surface area contributed by atoms with E-state index in [4.69, 9.17) is 19.3 Å². The third-order valence-corrected chi connectivity index (χ3v) is 4.65. The van der Waals surface area contributed by atoms with Crippen molar-refractivity contribution in [1.29, 1.82) is 0 Å². The summed E-state index contributed by atoms with van der Waals surface area (Å²) in [4.78, 5) is 23.6. The van der Waals surface area contributed by atoms with Crippen molar-refractivity contribution in [2.45, 2.75) is 32.2 Å². The van der Waals surface area contributed by atoms with E-state index >= 15 is 0 Å². The normalized spacial score (nSPS) is 19.8. The van der Waals surface area contributed by atoms with Crippen molar-refractivity contribution in [3.8, 4) is 17.2 Å². The van der Waals surface area contributed by atoms with Gasteiger partial charge >= 0.3 is 5.97 Å². The van der Waals surface area contributed by atoms with Crippen LogP contribution < -0.4 is 19.5 Å². The number of nitrogens with one attached hydrogen (secondary N) is 1. The molecule has 2 atom stereocenters. The Balaban J connectivity index is 2.07. The van der Waals surface area contributed by atoms with Crippen LogP contribution in [0.2, 0.25) is 0 Å². The van der Waals surface area contributed by atoms with Crippen LogP contribution in [0.25, 0.3) is 0 Å². The van der Waals surface area contributed by atoms with E-state index in [0.29, 0.717) is 42.1 Å². The predicted molar refractivity (Wildman–Crippen MR) is 91.0 cm³/mol. The molecule has 138 valence electrons. The lowest BCUT2D eigenvalue weighted by Gasteiger charge is -2.26. The maximum atomic E-state index is 12.5. The van der Waals surface area contributed by atoms with E-state index < -0.39 is 11.9 Å². The van der Waals surface area contributed by atoms with E-state index in [2.05, 4.69) is 5.32 Å². The van der Waals surface area contributed by atoms with Gasteiger partial charge < -0.3 is 24.6 Å². The van der Waals surface area contributed by atoms with Crippen LogP contribution in [0, 0.1) is 11.8 Å². The van der Waals surface area contributed by atoms with Crippen molar-refractivity contribution in [2.75, 3.05) is 21.3 Å². The number of carboxylic acids is 1. The summed E-state index contributed by atoms with van der Waals surface area (Å²) < 4.78 is 15.9. The zero-order chi connectivity index (χ0) is 18.4. The van der Waals surface area contributed by atoms with Crippen LogP contribution in [0.3, 0.4) is 0 Å². The van der Waals surface area contributed by atoms with Gasteiger partial charge in [0.2, 0.25) is 5.91 Å². The third-order valence-electron chi connectivity index (χ3n) is 4.65. The molecular weight excluding hydrogens is 326 g/mol. The van der Waals surface area contributed by atoms with Crippen molar-refractivity contribution >= 4 is 11.9 Å². The second-order valence-corrected chi connectivity index (χ2v) is 6.13. The van der Waals surface area contributed by atoms with Gasteiger partial charge in [0.1, 0.15) is 17.2 Å². The first-order chi connectivity index (χ1) is 12.0. The molecule has 0 radical (unpaired) electrons. The number of carboxylic acid groups (broad SMARTS) is 1. The molecule has 1 amide bonds. The topological polar surface area (TPSA) is 94.1 Å². The fraction of sp³-hybridized carbons (Fsp3) is 0.556. The molecule has 1 aliphatic carbocycles. The zero-order valence-electron chi connectivity index (χ0n) is 14.8. The van der Waals surface area contributed by atoms with Gasteiger partial charge in [0.05, 0.1) is 39.4 Å². The molecule has 0 spiro atoms. The van der Waals surface area contributed by atoms with E-state index in [1.807, 2.05) is 0 Å². The zero-order valence-corrected chi connectivity index (χ0v) is 14.8. The molecular formula is C18H25NO6. The van der Waals surface area contributed by atoms with Crippen LogP contribution in [0.15, 0.2) is 12.1 Å². The van der Waals surface area contributed by atoms with Crippen molar-refractivity contribution in [3.05, 3.63) is 17.7 Å². The smallest absolute Gasteiger partial charge is 0.306 e. The highest BCUT2D eigenvalue weighted by Gasteiger charge is 2.31. The van der Waals surface area contributed by atoms with Gasteiger partial charge in [-0.1, -0.05) is 6.42 Å². The van der Waals surface area contributed by atoms with Crippen LogP contribution in [-0.2, 0) is 16.1 Å². The molecule has 7 nitrogen and oxygen atoms in total. The maximum Gasteiger partial charge on any atom is 0.306 e. The van der Waals surface area contributed by atoms with E-state index in [9.17, 15) is 9.59 Å². The Morgan fingerprint density at radius 3 is 2.20 bits per heavy atom. The number of methoxy groups -OCH3 is 3. The predicted octanol–water partition coefficient (Wildman–Crippen LogP) is 2.22. The Hall–Kier alpha value is -2.44. The quantitative estimate of drug-likeness (QED) is 0.782. The molecule has 1 fully saturated rings. The molecule has 0 aromatic heterocycles. The lowest BCUT2D eigenvalue weighted by molar-refractivity contribution is -0.144. The molecule has 2 N–H and O–H groups in total. The number of amides is 1. The molecule has 1 aromatic carbocycles. The first-order valence-electron chi connectivity index (χ1n) is 8.29. The number of hydrogen-bond donors (Lipinski definition) is 2. The number of carbonyl (C=O) groups is 2.